The van der Waals surface area contributed by atoms with Crippen LogP contribution >= 0.6 is 27.5 Å². The van der Waals surface area contributed by atoms with E-state index in [1.165, 1.54) is 0 Å². The average Bonchev–Trinajstić information content (AvgIpc) is 2.58. The second-order valence-corrected chi connectivity index (χ2v) is 7.24. The maximum absolute atomic E-state index is 12.4. The summed E-state index contributed by atoms with van der Waals surface area (Å²) in [7, 11) is -1.97. The Morgan fingerprint density at radius 1 is 1.35 bits per heavy atom. The van der Waals surface area contributed by atoms with Crippen LogP contribution in [0.25, 0.3) is 0 Å². The number of hydrogen-bond donors (Lipinski definition) is 1. The van der Waals surface area contributed by atoms with Gasteiger partial charge in [-0.3, -0.25) is 9.40 Å². The van der Waals surface area contributed by atoms with Gasteiger partial charge in [-0.2, -0.15) is 5.10 Å². The number of benzene rings is 1. The zero-order valence-corrected chi connectivity index (χ0v) is 14.3. The Kier molecular flexibility index (Phi) is 4.13. The van der Waals surface area contributed by atoms with Crippen molar-refractivity contribution in [3.63, 3.8) is 0 Å². The van der Waals surface area contributed by atoms with E-state index >= 15 is 0 Å². The Morgan fingerprint density at radius 3 is 2.50 bits per heavy atom. The number of sulfonamides is 1. The van der Waals surface area contributed by atoms with E-state index in [-0.39, 0.29) is 4.90 Å². The van der Waals surface area contributed by atoms with Gasteiger partial charge in [-0.15, -0.1) is 0 Å². The lowest BCUT2D eigenvalue weighted by Crippen LogP contribution is -2.14. The summed E-state index contributed by atoms with van der Waals surface area (Å²) in [5.74, 6) is 0. The highest BCUT2D eigenvalue weighted by Crippen LogP contribution is 2.28. The number of rotatable bonds is 3. The molecule has 0 fully saturated rings. The van der Waals surface area contributed by atoms with Crippen molar-refractivity contribution in [1.82, 2.24) is 9.78 Å². The lowest BCUT2D eigenvalue weighted by atomic mass is 10.3. The minimum Gasteiger partial charge on any atom is -0.279 e. The summed E-state index contributed by atoms with van der Waals surface area (Å²) in [5.41, 5.74) is 1.48. The third kappa shape index (κ3) is 2.84. The topological polar surface area (TPSA) is 64.0 Å². The van der Waals surface area contributed by atoms with E-state index in [0.29, 0.717) is 26.6 Å². The maximum Gasteiger partial charge on any atom is 0.265 e. The Bertz CT molecular complexity index is 771. The largest absolute Gasteiger partial charge is 0.279 e. The Balaban J connectivity index is 2.43. The predicted octanol–water partition coefficient (Wildman–Crippen LogP) is 3.25. The molecule has 0 aliphatic carbocycles. The summed E-state index contributed by atoms with van der Waals surface area (Å²) in [6, 6.07) is 4.83. The Morgan fingerprint density at radius 2 is 2.00 bits per heavy atom. The lowest BCUT2D eigenvalue weighted by Gasteiger charge is -2.09. The van der Waals surface area contributed by atoms with Gasteiger partial charge in [0.2, 0.25) is 0 Å². The molecule has 1 N–H and O–H groups in total. The molecule has 0 aliphatic heterocycles. The summed E-state index contributed by atoms with van der Waals surface area (Å²) < 4.78 is 29.6. The summed E-state index contributed by atoms with van der Waals surface area (Å²) in [6.07, 6.45) is 0. The van der Waals surface area contributed by atoms with Crippen LogP contribution in [0.2, 0.25) is 5.02 Å². The van der Waals surface area contributed by atoms with Gasteiger partial charge in [0.05, 0.1) is 22.1 Å². The summed E-state index contributed by atoms with van der Waals surface area (Å²) in [4.78, 5) is 0.200. The van der Waals surface area contributed by atoms with E-state index in [1.807, 2.05) is 0 Å². The fraction of sp³-hybridized carbons (Fsp3) is 0.250. The lowest BCUT2D eigenvalue weighted by molar-refractivity contribution is 0.599. The third-order valence-electron chi connectivity index (χ3n) is 2.88. The van der Waals surface area contributed by atoms with Gasteiger partial charge in [0, 0.05) is 11.5 Å². The molecule has 0 radical (unpaired) electrons. The Labute approximate surface area is 131 Å². The smallest absolute Gasteiger partial charge is 0.265 e. The van der Waals surface area contributed by atoms with Crippen LogP contribution in [0.15, 0.2) is 27.6 Å². The van der Waals surface area contributed by atoms with E-state index in [1.54, 1.807) is 43.8 Å². The molecule has 2 aromatic rings. The molecule has 0 bridgehead atoms. The first-order valence-corrected chi connectivity index (χ1v) is 8.36. The summed E-state index contributed by atoms with van der Waals surface area (Å²) in [6.45, 7) is 3.38. The molecule has 0 atom stereocenters. The minimum absolute atomic E-state index is 0.200. The van der Waals surface area contributed by atoms with Gasteiger partial charge in [-0.25, -0.2) is 8.42 Å². The molecule has 5 nitrogen and oxygen atoms in total. The normalized spacial score (nSPS) is 11.7. The standard InChI is InChI=1S/C12H13BrClN3O2S/c1-7-12(8(2)17(3)15-7)20(18,19)16-9-4-5-11(14)10(13)6-9/h4-6,16H,1-3H3. The quantitative estimate of drug-likeness (QED) is 0.891. The Hall–Kier alpha value is -1.05. The first kappa shape index (κ1) is 15.3. The van der Waals surface area contributed by atoms with E-state index in [0.717, 1.165) is 0 Å². The molecule has 0 amide bonds. The second kappa shape index (κ2) is 5.38. The summed E-state index contributed by atoms with van der Waals surface area (Å²) in [5, 5.41) is 4.63. The second-order valence-electron chi connectivity index (χ2n) is 4.36. The van der Waals surface area contributed by atoms with Crippen LogP contribution in [0.3, 0.4) is 0 Å². The molecule has 0 saturated heterocycles. The van der Waals surface area contributed by atoms with Crippen LogP contribution in [-0.4, -0.2) is 18.2 Å². The molecule has 0 unspecified atom stereocenters. The molecule has 0 saturated carbocycles. The predicted molar refractivity (Wildman–Crippen MR) is 82.6 cm³/mol. The first-order valence-electron chi connectivity index (χ1n) is 5.70. The number of anilines is 1. The molecule has 1 aromatic heterocycles. The minimum atomic E-state index is -3.68. The fourth-order valence-corrected chi connectivity index (χ4v) is 3.90. The van der Waals surface area contributed by atoms with E-state index in [2.05, 4.69) is 25.8 Å². The van der Waals surface area contributed by atoms with Crippen molar-refractivity contribution in [2.75, 3.05) is 4.72 Å². The van der Waals surface area contributed by atoms with Gasteiger partial charge in [0.25, 0.3) is 10.0 Å². The monoisotopic (exact) mass is 377 g/mol. The van der Waals surface area contributed by atoms with Crippen LogP contribution < -0.4 is 4.72 Å². The zero-order valence-electron chi connectivity index (χ0n) is 11.1. The van der Waals surface area contributed by atoms with Crippen molar-refractivity contribution in [3.8, 4) is 0 Å². The zero-order chi connectivity index (χ0) is 15.1. The van der Waals surface area contributed by atoms with Crippen LogP contribution in [0.4, 0.5) is 5.69 Å². The average molecular weight is 379 g/mol. The van der Waals surface area contributed by atoms with Crippen LogP contribution in [0.5, 0.6) is 0 Å². The van der Waals surface area contributed by atoms with Crippen molar-refractivity contribution < 1.29 is 8.42 Å². The van der Waals surface area contributed by atoms with Crippen LogP contribution in [0, 0.1) is 13.8 Å². The van der Waals surface area contributed by atoms with Gasteiger partial charge in [0.15, 0.2) is 0 Å². The molecule has 2 rings (SSSR count). The highest BCUT2D eigenvalue weighted by molar-refractivity contribution is 9.10. The number of aryl methyl sites for hydroxylation is 2. The first-order chi connectivity index (χ1) is 9.22. The van der Waals surface area contributed by atoms with Crippen molar-refractivity contribution in [2.24, 2.45) is 7.05 Å². The maximum atomic E-state index is 12.4. The van der Waals surface area contributed by atoms with Gasteiger partial charge < -0.3 is 0 Å². The van der Waals surface area contributed by atoms with Crippen molar-refractivity contribution in [3.05, 3.63) is 39.1 Å². The molecule has 0 aliphatic rings. The molecule has 1 heterocycles. The van der Waals surface area contributed by atoms with E-state index < -0.39 is 10.0 Å². The van der Waals surface area contributed by atoms with Crippen molar-refractivity contribution >= 4 is 43.2 Å². The van der Waals surface area contributed by atoms with Gasteiger partial charge in [0.1, 0.15) is 4.90 Å². The van der Waals surface area contributed by atoms with Gasteiger partial charge in [-0.1, -0.05) is 11.6 Å². The molecule has 1 aromatic carbocycles. The van der Waals surface area contributed by atoms with Gasteiger partial charge in [-0.05, 0) is 48.0 Å². The SMILES string of the molecule is Cc1nn(C)c(C)c1S(=O)(=O)Nc1ccc(Cl)c(Br)c1. The van der Waals surface area contributed by atoms with Crippen molar-refractivity contribution in [2.45, 2.75) is 18.7 Å². The third-order valence-corrected chi connectivity index (χ3v) is 5.73. The number of hydrogen-bond acceptors (Lipinski definition) is 3. The highest BCUT2D eigenvalue weighted by Gasteiger charge is 2.23. The number of halogens is 2. The van der Waals surface area contributed by atoms with E-state index in [4.69, 9.17) is 11.6 Å². The van der Waals surface area contributed by atoms with E-state index in [9.17, 15) is 8.42 Å². The van der Waals surface area contributed by atoms with Crippen molar-refractivity contribution in [1.29, 1.82) is 0 Å². The van der Waals surface area contributed by atoms with Crippen LogP contribution in [-0.2, 0) is 17.1 Å². The number of aromatic nitrogens is 2. The highest BCUT2D eigenvalue weighted by atomic mass is 79.9. The van der Waals surface area contributed by atoms with Gasteiger partial charge >= 0.3 is 0 Å². The molecule has 108 valence electrons. The summed E-state index contributed by atoms with van der Waals surface area (Å²) >= 11 is 9.14. The molecule has 8 heteroatoms. The molecule has 0 spiro atoms. The molecular formula is C12H13BrClN3O2S. The number of nitrogens with zero attached hydrogens (tertiary/aromatic N) is 2. The van der Waals surface area contributed by atoms with Crippen LogP contribution in [0.1, 0.15) is 11.4 Å². The fourth-order valence-electron chi connectivity index (χ4n) is 1.91. The molecule has 20 heavy (non-hydrogen) atoms. The number of nitrogens with one attached hydrogen (secondary N) is 1. The molecular weight excluding hydrogens is 366 g/mol.